The number of nitrogens with two attached hydrogens (primary N) is 1. The van der Waals surface area contributed by atoms with Crippen LogP contribution in [0.25, 0.3) is 10.9 Å². The molecule has 1 aromatic carbocycles. The van der Waals surface area contributed by atoms with E-state index in [1.165, 1.54) is 0 Å². The normalized spacial score (nSPS) is 12.8. The first-order valence-corrected chi connectivity index (χ1v) is 5.90. The van der Waals surface area contributed by atoms with Crippen LogP contribution in [0.15, 0.2) is 53.3 Å². The summed E-state index contributed by atoms with van der Waals surface area (Å²) in [4.78, 5) is 4.34. The summed E-state index contributed by atoms with van der Waals surface area (Å²) in [7, 11) is 0. The van der Waals surface area contributed by atoms with E-state index in [-0.39, 0.29) is 6.04 Å². The van der Waals surface area contributed by atoms with Crippen LogP contribution in [0.5, 0.6) is 0 Å². The maximum Gasteiger partial charge on any atom is 0.127 e. The molecule has 0 aliphatic heterocycles. The molecular weight excluding hydrogens is 224 g/mol. The summed E-state index contributed by atoms with van der Waals surface area (Å²) >= 11 is 0. The zero-order valence-corrected chi connectivity index (χ0v) is 10.1. The largest absolute Gasteiger partial charge is 0.467 e. The summed E-state index contributed by atoms with van der Waals surface area (Å²) in [6.45, 7) is 2.00. The Balaban J connectivity index is 2.07. The van der Waals surface area contributed by atoms with E-state index in [2.05, 4.69) is 4.98 Å². The third kappa shape index (κ3) is 1.79. The lowest BCUT2D eigenvalue weighted by molar-refractivity contribution is 0.487. The fourth-order valence-corrected chi connectivity index (χ4v) is 2.13. The second-order valence-electron chi connectivity index (χ2n) is 4.40. The van der Waals surface area contributed by atoms with Crippen LogP contribution in [0.3, 0.4) is 0 Å². The Morgan fingerprint density at radius 3 is 2.89 bits per heavy atom. The number of hydrogen-bond donors (Lipinski definition) is 1. The number of aromatic nitrogens is 1. The molecule has 0 aliphatic rings. The van der Waals surface area contributed by atoms with Gasteiger partial charge >= 0.3 is 0 Å². The molecule has 0 radical (unpaired) electrons. The molecular formula is C15H14N2O. The van der Waals surface area contributed by atoms with Gasteiger partial charge in [0, 0.05) is 11.6 Å². The summed E-state index contributed by atoms with van der Waals surface area (Å²) in [5.41, 5.74) is 9.27. The van der Waals surface area contributed by atoms with E-state index >= 15 is 0 Å². The van der Waals surface area contributed by atoms with Crippen molar-refractivity contribution in [3.63, 3.8) is 0 Å². The molecule has 2 aromatic heterocycles. The van der Waals surface area contributed by atoms with Gasteiger partial charge in [0.05, 0.1) is 17.8 Å². The molecule has 0 aliphatic carbocycles. The van der Waals surface area contributed by atoms with Crippen LogP contribution in [-0.2, 0) is 0 Å². The highest BCUT2D eigenvalue weighted by Crippen LogP contribution is 2.25. The van der Waals surface area contributed by atoms with Crippen LogP contribution in [0, 0.1) is 6.92 Å². The maximum absolute atomic E-state index is 6.23. The lowest BCUT2D eigenvalue weighted by Crippen LogP contribution is -2.12. The Labute approximate surface area is 105 Å². The average molecular weight is 238 g/mol. The lowest BCUT2D eigenvalue weighted by Gasteiger charge is -2.11. The zero-order chi connectivity index (χ0) is 12.5. The van der Waals surface area contributed by atoms with Crippen molar-refractivity contribution in [3.8, 4) is 0 Å². The highest BCUT2D eigenvalue weighted by atomic mass is 16.3. The van der Waals surface area contributed by atoms with Crippen molar-refractivity contribution in [1.82, 2.24) is 4.98 Å². The number of pyridine rings is 1. The Bertz CT molecular complexity index is 688. The first-order chi connectivity index (χ1) is 8.75. The van der Waals surface area contributed by atoms with Gasteiger partial charge in [-0.1, -0.05) is 18.2 Å². The quantitative estimate of drug-likeness (QED) is 0.746. The third-order valence-electron chi connectivity index (χ3n) is 3.17. The number of aryl methyl sites for hydroxylation is 1. The van der Waals surface area contributed by atoms with Gasteiger partial charge in [0.1, 0.15) is 5.76 Å². The van der Waals surface area contributed by atoms with Gasteiger partial charge in [-0.2, -0.15) is 0 Å². The molecule has 90 valence electrons. The van der Waals surface area contributed by atoms with Crippen molar-refractivity contribution in [1.29, 1.82) is 0 Å². The Kier molecular flexibility index (Phi) is 2.61. The zero-order valence-electron chi connectivity index (χ0n) is 10.1. The molecule has 3 rings (SSSR count). The van der Waals surface area contributed by atoms with Crippen molar-refractivity contribution in [2.24, 2.45) is 5.73 Å². The molecule has 0 saturated heterocycles. The van der Waals surface area contributed by atoms with Gasteiger partial charge in [0.15, 0.2) is 0 Å². The van der Waals surface area contributed by atoms with E-state index in [0.29, 0.717) is 0 Å². The molecule has 0 spiro atoms. The predicted octanol–water partition coefficient (Wildman–Crippen LogP) is 3.18. The fourth-order valence-electron chi connectivity index (χ4n) is 2.13. The van der Waals surface area contributed by atoms with Gasteiger partial charge in [-0.3, -0.25) is 4.98 Å². The second-order valence-corrected chi connectivity index (χ2v) is 4.40. The molecule has 2 N–H and O–H groups in total. The van der Waals surface area contributed by atoms with E-state index in [9.17, 15) is 0 Å². The monoisotopic (exact) mass is 238 g/mol. The van der Waals surface area contributed by atoms with Gasteiger partial charge in [0.25, 0.3) is 0 Å². The molecule has 1 atom stereocenters. The number of nitrogens with zero attached hydrogens (tertiary/aromatic N) is 1. The fraction of sp³-hybridized carbons (Fsp3) is 0.133. The molecule has 0 amide bonds. The van der Waals surface area contributed by atoms with Crippen LogP contribution in [0.2, 0.25) is 0 Å². The molecule has 3 nitrogen and oxygen atoms in total. The van der Waals surface area contributed by atoms with E-state index in [1.807, 2.05) is 43.3 Å². The topological polar surface area (TPSA) is 52.0 Å². The average Bonchev–Trinajstić information content (AvgIpc) is 2.83. The van der Waals surface area contributed by atoms with E-state index in [4.69, 9.17) is 10.2 Å². The van der Waals surface area contributed by atoms with Crippen LogP contribution in [-0.4, -0.2) is 4.98 Å². The number of rotatable bonds is 2. The van der Waals surface area contributed by atoms with Gasteiger partial charge in [-0.25, -0.2) is 0 Å². The van der Waals surface area contributed by atoms with E-state index in [0.717, 1.165) is 27.8 Å². The van der Waals surface area contributed by atoms with Crippen LogP contribution < -0.4 is 5.73 Å². The molecule has 3 aromatic rings. The highest BCUT2D eigenvalue weighted by molar-refractivity contribution is 5.79. The minimum Gasteiger partial charge on any atom is -0.467 e. The maximum atomic E-state index is 6.23. The van der Waals surface area contributed by atoms with Crippen molar-refractivity contribution in [2.75, 3.05) is 0 Å². The molecule has 2 heterocycles. The van der Waals surface area contributed by atoms with Crippen LogP contribution in [0.1, 0.15) is 22.9 Å². The summed E-state index contributed by atoms with van der Waals surface area (Å²) in [5, 5.41) is 1.12. The van der Waals surface area contributed by atoms with Crippen molar-refractivity contribution < 1.29 is 4.42 Å². The lowest BCUT2D eigenvalue weighted by atomic mass is 10.0. The Morgan fingerprint density at radius 2 is 2.11 bits per heavy atom. The second kappa shape index (κ2) is 4.27. The van der Waals surface area contributed by atoms with Crippen molar-refractivity contribution in [3.05, 3.63) is 65.7 Å². The molecule has 0 bridgehead atoms. The minimum atomic E-state index is -0.244. The number of benzene rings is 1. The van der Waals surface area contributed by atoms with Crippen LogP contribution in [0.4, 0.5) is 0 Å². The molecule has 0 saturated carbocycles. The van der Waals surface area contributed by atoms with Gasteiger partial charge in [0.2, 0.25) is 0 Å². The van der Waals surface area contributed by atoms with Crippen LogP contribution >= 0.6 is 0 Å². The minimum absolute atomic E-state index is 0.244. The molecule has 18 heavy (non-hydrogen) atoms. The van der Waals surface area contributed by atoms with Gasteiger partial charge < -0.3 is 10.2 Å². The molecule has 1 unspecified atom stereocenters. The highest BCUT2D eigenvalue weighted by Gasteiger charge is 2.15. The number of hydrogen-bond acceptors (Lipinski definition) is 3. The third-order valence-corrected chi connectivity index (χ3v) is 3.17. The molecule has 3 heteroatoms. The van der Waals surface area contributed by atoms with E-state index < -0.39 is 0 Å². The summed E-state index contributed by atoms with van der Waals surface area (Å²) in [6, 6.07) is 11.7. The van der Waals surface area contributed by atoms with E-state index in [1.54, 1.807) is 12.5 Å². The van der Waals surface area contributed by atoms with Crippen molar-refractivity contribution >= 4 is 10.9 Å². The number of fused-ring (bicyclic) bond motifs is 1. The first kappa shape index (κ1) is 11.0. The Morgan fingerprint density at radius 1 is 1.22 bits per heavy atom. The first-order valence-electron chi connectivity index (χ1n) is 5.90. The smallest absolute Gasteiger partial charge is 0.127 e. The standard InChI is InChI=1S/C15H14N2O/c1-10-6-8-18-15(10)14(16)12-5-4-11-3-2-7-17-13(11)9-12/h2-9,14H,16H2,1H3. The SMILES string of the molecule is Cc1ccoc1C(N)c1ccc2cccnc2c1. The van der Waals surface area contributed by atoms with Crippen molar-refractivity contribution in [2.45, 2.75) is 13.0 Å². The summed E-state index contributed by atoms with van der Waals surface area (Å²) in [6.07, 6.45) is 3.46. The van der Waals surface area contributed by atoms with Gasteiger partial charge in [-0.15, -0.1) is 0 Å². The summed E-state index contributed by atoms with van der Waals surface area (Å²) < 4.78 is 5.45. The predicted molar refractivity (Wildman–Crippen MR) is 71.2 cm³/mol. The Hall–Kier alpha value is -2.13. The molecule has 0 fully saturated rings. The summed E-state index contributed by atoms with van der Waals surface area (Å²) in [5.74, 6) is 0.810. The van der Waals surface area contributed by atoms with Gasteiger partial charge in [-0.05, 0) is 36.2 Å². The number of furan rings is 1.